The van der Waals surface area contributed by atoms with Crippen LogP contribution in [0.2, 0.25) is 5.02 Å². The third kappa shape index (κ3) is 4.48. The number of carbonyl (C=O) groups excluding carboxylic acids is 1. The van der Waals surface area contributed by atoms with Gasteiger partial charge < -0.3 is 15.4 Å². The van der Waals surface area contributed by atoms with Gasteiger partial charge in [0, 0.05) is 13.7 Å². The molecule has 2 aromatic carbocycles. The Morgan fingerprint density at radius 3 is 2.48 bits per heavy atom. The first-order chi connectivity index (χ1) is 10.2. The normalized spacial score (nSPS) is 10.2. The molecule has 0 aliphatic carbocycles. The van der Waals surface area contributed by atoms with E-state index in [0.717, 1.165) is 11.1 Å². The van der Waals surface area contributed by atoms with Crippen LogP contribution in [0.25, 0.3) is 0 Å². The number of rotatable bonds is 5. The Hall–Kier alpha value is -2.04. The molecule has 110 valence electrons. The minimum Gasteiger partial charge on any atom is -0.380 e. The second-order valence-corrected chi connectivity index (χ2v) is 4.90. The van der Waals surface area contributed by atoms with E-state index in [1.807, 2.05) is 36.4 Å². The van der Waals surface area contributed by atoms with Crippen LogP contribution < -0.4 is 10.6 Å². The van der Waals surface area contributed by atoms with Gasteiger partial charge in [-0.25, -0.2) is 4.79 Å². The van der Waals surface area contributed by atoms with Gasteiger partial charge in [0.05, 0.1) is 17.3 Å². The number of para-hydroxylation sites is 1. The van der Waals surface area contributed by atoms with Crippen LogP contribution >= 0.6 is 11.6 Å². The number of amides is 2. The van der Waals surface area contributed by atoms with Crippen LogP contribution in [0.5, 0.6) is 0 Å². The van der Waals surface area contributed by atoms with Crippen LogP contribution in [-0.2, 0) is 17.9 Å². The molecule has 0 radical (unpaired) electrons. The van der Waals surface area contributed by atoms with Crippen molar-refractivity contribution in [3.63, 3.8) is 0 Å². The fraction of sp³-hybridized carbons (Fsp3) is 0.188. The number of methoxy groups -OCH3 is 1. The quantitative estimate of drug-likeness (QED) is 0.882. The highest BCUT2D eigenvalue weighted by atomic mass is 35.5. The zero-order valence-electron chi connectivity index (χ0n) is 11.7. The average Bonchev–Trinajstić information content (AvgIpc) is 2.49. The van der Waals surface area contributed by atoms with Crippen molar-refractivity contribution in [3.05, 3.63) is 64.7 Å². The number of halogens is 1. The fourth-order valence-corrected chi connectivity index (χ4v) is 2.11. The summed E-state index contributed by atoms with van der Waals surface area (Å²) in [6.45, 7) is 0.944. The Bertz CT molecular complexity index is 617. The molecular weight excluding hydrogens is 288 g/mol. The maximum atomic E-state index is 11.9. The monoisotopic (exact) mass is 304 g/mol. The van der Waals surface area contributed by atoms with Crippen LogP contribution in [0.1, 0.15) is 11.1 Å². The highest BCUT2D eigenvalue weighted by molar-refractivity contribution is 6.33. The van der Waals surface area contributed by atoms with Crippen LogP contribution in [0.3, 0.4) is 0 Å². The first-order valence-corrected chi connectivity index (χ1v) is 6.93. The third-order valence-corrected chi connectivity index (χ3v) is 3.31. The van der Waals surface area contributed by atoms with Crippen LogP contribution in [0, 0.1) is 0 Å². The Labute approximate surface area is 129 Å². The topological polar surface area (TPSA) is 50.4 Å². The number of nitrogens with one attached hydrogen (secondary N) is 2. The van der Waals surface area contributed by atoms with Crippen molar-refractivity contribution in [1.29, 1.82) is 0 Å². The minimum atomic E-state index is -0.296. The summed E-state index contributed by atoms with van der Waals surface area (Å²) in [6, 6.07) is 14.6. The highest BCUT2D eigenvalue weighted by Crippen LogP contribution is 2.20. The molecule has 0 aliphatic heterocycles. The summed E-state index contributed by atoms with van der Waals surface area (Å²) < 4.78 is 5.14. The largest absolute Gasteiger partial charge is 0.380 e. The summed E-state index contributed by atoms with van der Waals surface area (Å²) in [5.74, 6) is 0. The SMILES string of the molecule is COCc1ccccc1CNC(=O)Nc1ccccc1Cl. The zero-order chi connectivity index (χ0) is 15.1. The van der Waals surface area contributed by atoms with Gasteiger partial charge in [0.15, 0.2) is 0 Å². The molecule has 0 bridgehead atoms. The summed E-state index contributed by atoms with van der Waals surface area (Å²) in [6.07, 6.45) is 0. The average molecular weight is 305 g/mol. The molecule has 5 heteroatoms. The number of anilines is 1. The lowest BCUT2D eigenvalue weighted by Crippen LogP contribution is -2.28. The van der Waals surface area contributed by atoms with Gasteiger partial charge in [-0.1, -0.05) is 48.0 Å². The van der Waals surface area contributed by atoms with Gasteiger partial charge in [0.1, 0.15) is 0 Å². The molecule has 0 spiro atoms. The van der Waals surface area contributed by atoms with Gasteiger partial charge in [-0.2, -0.15) is 0 Å². The first kappa shape index (κ1) is 15.4. The standard InChI is InChI=1S/C16H17ClN2O2/c1-21-11-13-7-3-2-6-12(13)10-18-16(20)19-15-9-5-4-8-14(15)17/h2-9H,10-11H2,1H3,(H2,18,19,20). The molecule has 2 amide bonds. The van der Waals surface area contributed by atoms with Gasteiger partial charge in [0.2, 0.25) is 0 Å². The van der Waals surface area contributed by atoms with E-state index in [4.69, 9.17) is 16.3 Å². The molecule has 21 heavy (non-hydrogen) atoms. The van der Waals surface area contributed by atoms with E-state index >= 15 is 0 Å². The van der Waals surface area contributed by atoms with E-state index in [0.29, 0.717) is 23.9 Å². The Balaban J connectivity index is 1.94. The summed E-state index contributed by atoms with van der Waals surface area (Å²) in [5.41, 5.74) is 2.66. The predicted molar refractivity (Wildman–Crippen MR) is 84.5 cm³/mol. The molecule has 4 nitrogen and oxygen atoms in total. The van der Waals surface area contributed by atoms with Crippen molar-refractivity contribution < 1.29 is 9.53 Å². The van der Waals surface area contributed by atoms with E-state index < -0.39 is 0 Å². The van der Waals surface area contributed by atoms with E-state index in [1.165, 1.54) is 0 Å². The molecule has 0 saturated heterocycles. The summed E-state index contributed by atoms with van der Waals surface area (Å²) in [4.78, 5) is 11.9. The summed E-state index contributed by atoms with van der Waals surface area (Å²) in [5, 5.41) is 6.03. The van der Waals surface area contributed by atoms with Crippen molar-refractivity contribution in [1.82, 2.24) is 5.32 Å². The summed E-state index contributed by atoms with van der Waals surface area (Å²) in [7, 11) is 1.65. The number of carbonyl (C=O) groups is 1. The number of ether oxygens (including phenoxy) is 1. The minimum absolute atomic E-state index is 0.296. The lowest BCUT2D eigenvalue weighted by molar-refractivity contribution is 0.184. The molecule has 0 heterocycles. The van der Waals surface area contributed by atoms with Gasteiger partial charge in [0.25, 0.3) is 0 Å². The van der Waals surface area contributed by atoms with Crippen LogP contribution in [-0.4, -0.2) is 13.1 Å². The lowest BCUT2D eigenvalue weighted by Gasteiger charge is -2.11. The maximum Gasteiger partial charge on any atom is 0.319 e. The Kier molecular flexibility index (Phi) is 5.60. The van der Waals surface area contributed by atoms with E-state index in [-0.39, 0.29) is 6.03 Å². The molecule has 0 saturated carbocycles. The molecule has 0 unspecified atom stereocenters. The van der Waals surface area contributed by atoms with E-state index in [2.05, 4.69) is 10.6 Å². The van der Waals surface area contributed by atoms with Crippen LogP contribution in [0.15, 0.2) is 48.5 Å². The predicted octanol–water partition coefficient (Wildman–Crippen LogP) is 3.81. The zero-order valence-corrected chi connectivity index (χ0v) is 12.5. The second kappa shape index (κ2) is 7.67. The van der Waals surface area contributed by atoms with Crippen LogP contribution in [0.4, 0.5) is 10.5 Å². The first-order valence-electron chi connectivity index (χ1n) is 6.56. The molecule has 2 aromatic rings. The smallest absolute Gasteiger partial charge is 0.319 e. The Morgan fingerprint density at radius 1 is 1.10 bits per heavy atom. The Morgan fingerprint density at radius 2 is 1.76 bits per heavy atom. The second-order valence-electron chi connectivity index (χ2n) is 4.49. The molecule has 0 fully saturated rings. The molecule has 0 atom stereocenters. The highest BCUT2D eigenvalue weighted by Gasteiger charge is 2.06. The molecule has 0 aromatic heterocycles. The fourth-order valence-electron chi connectivity index (χ4n) is 1.93. The number of benzene rings is 2. The molecular formula is C16H17ClN2O2. The number of hydrogen-bond donors (Lipinski definition) is 2. The molecule has 2 N–H and O–H groups in total. The number of urea groups is 1. The van der Waals surface area contributed by atoms with Crippen molar-refractivity contribution in [2.45, 2.75) is 13.2 Å². The molecule has 0 aliphatic rings. The molecule has 2 rings (SSSR count). The van der Waals surface area contributed by atoms with Gasteiger partial charge in [-0.05, 0) is 23.3 Å². The van der Waals surface area contributed by atoms with Gasteiger partial charge in [-0.15, -0.1) is 0 Å². The van der Waals surface area contributed by atoms with Crippen molar-refractivity contribution in [2.75, 3.05) is 12.4 Å². The summed E-state index contributed by atoms with van der Waals surface area (Å²) >= 11 is 5.99. The number of hydrogen-bond acceptors (Lipinski definition) is 2. The third-order valence-electron chi connectivity index (χ3n) is 2.98. The van der Waals surface area contributed by atoms with Crippen molar-refractivity contribution >= 4 is 23.3 Å². The van der Waals surface area contributed by atoms with E-state index in [1.54, 1.807) is 19.2 Å². The lowest BCUT2D eigenvalue weighted by atomic mass is 10.1. The van der Waals surface area contributed by atoms with Crippen molar-refractivity contribution in [2.24, 2.45) is 0 Å². The van der Waals surface area contributed by atoms with Gasteiger partial charge in [-0.3, -0.25) is 0 Å². The van der Waals surface area contributed by atoms with E-state index in [9.17, 15) is 4.79 Å². The maximum absolute atomic E-state index is 11.9. The van der Waals surface area contributed by atoms with Crippen molar-refractivity contribution in [3.8, 4) is 0 Å². The van der Waals surface area contributed by atoms with Gasteiger partial charge >= 0.3 is 6.03 Å².